The number of hydrogen-bond acceptors (Lipinski definition) is 7. The molecule has 178 valence electrons. The lowest BCUT2D eigenvalue weighted by atomic mass is 9.96. The minimum atomic E-state index is -4.85. The molecular formula is C20H20ClF4N4O4+. The zero-order valence-electron chi connectivity index (χ0n) is 17.3. The molecular weight excluding hydrogens is 472 g/mol. The maximum absolute atomic E-state index is 13.7. The van der Waals surface area contributed by atoms with Crippen LogP contribution in [0, 0.1) is 0 Å². The SMILES string of the molecule is COC(=O)C(F)(F)F.NC1=[NH+]C(CF)(c2cccc(CC(=O)c3ccc(Cl)cn3)n2)COC1. The number of hydrogen-bond donors (Lipinski definition) is 2. The van der Waals surface area contributed by atoms with Gasteiger partial charge in [-0.25, -0.2) is 9.18 Å². The fourth-order valence-corrected chi connectivity index (χ4v) is 2.86. The molecule has 3 N–H and O–H groups in total. The van der Waals surface area contributed by atoms with E-state index in [1.54, 1.807) is 30.3 Å². The van der Waals surface area contributed by atoms with Crippen molar-refractivity contribution < 1.29 is 41.6 Å². The number of nitrogens with zero attached hydrogens (tertiary/aromatic N) is 2. The van der Waals surface area contributed by atoms with Gasteiger partial charge in [-0.2, -0.15) is 13.2 Å². The quantitative estimate of drug-likeness (QED) is 0.362. The van der Waals surface area contributed by atoms with E-state index in [0.29, 0.717) is 35.0 Å². The van der Waals surface area contributed by atoms with Crippen molar-refractivity contribution in [3.05, 3.63) is 58.6 Å². The zero-order valence-corrected chi connectivity index (χ0v) is 18.0. The molecule has 2 aromatic rings. The number of nitrogens with two attached hydrogens (primary N) is 1. The van der Waals surface area contributed by atoms with Gasteiger partial charge >= 0.3 is 12.1 Å². The second-order valence-corrected chi connectivity index (χ2v) is 7.26. The second kappa shape index (κ2) is 11.1. The lowest BCUT2D eigenvalue weighted by molar-refractivity contribution is -0.582. The van der Waals surface area contributed by atoms with Crippen molar-refractivity contribution >= 4 is 29.2 Å². The van der Waals surface area contributed by atoms with Gasteiger partial charge in [-0.15, -0.1) is 0 Å². The Morgan fingerprint density at radius 2 is 2.03 bits per heavy atom. The summed E-state index contributed by atoms with van der Waals surface area (Å²) in [6, 6.07) is 8.28. The van der Waals surface area contributed by atoms with Crippen LogP contribution in [-0.2, 0) is 26.2 Å². The lowest BCUT2D eigenvalue weighted by Crippen LogP contribution is -2.92. The molecule has 8 nitrogen and oxygen atoms in total. The van der Waals surface area contributed by atoms with E-state index in [1.165, 1.54) is 6.20 Å². The summed E-state index contributed by atoms with van der Waals surface area (Å²) in [5, 5.41) is 0.457. The maximum Gasteiger partial charge on any atom is 0.490 e. The Balaban J connectivity index is 0.000000414. The first-order valence-electron chi connectivity index (χ1n) is 9.30. The first kappa shape index (κ1) is 26.1. The molecule has 0 bridgehead atoms. The van der Waals surface area contributed by atoms with Gasteiger partial charge in [0.2, 0.25) is 0 Å². The van der Waals surface area contributed by atoms with Gasteiger partial charge in [0.1, 0.15) is 19.0 Å². The smallest absolute Gasteiger partial charge is 0.462 e. The Bertz CT molecular complexity index is 1020. The minimum Gasteiger partial charge on any atom is -0.462 e. The maximum atomic E-state index is 13.7. The molecule has 1 atom stereocenters. The molecule has 0 radical (unpaired) electrons. The van der Waals surface area contributed by atoms with Crippen molar-refractivity contribution in [3.63, 3.8) is 0 Å². The van der Waals surface area contributed by atoms with E-state index in [-0.39, 0.29) is 25.4 Å². The van der Waals surface area contributed by atoms with Crippen LogP contribution in [0.2, 0.25) is 5.02 Å². The molecule has 33 heavy (non-hydrogen) atoms. The summed E-state index contributed by atoms with van der Waals surface area (Å²) in [6.07, 6.45) is -3.39. The Hall–Kier alpha value is -3.12. The molecule has 0 saturated heterocycles. The molecule has 1 unspecified atom stereocenters. The lowest BCUT2D eigenvalue weighted by Gasteiger charge is -2.27. The fourth-order valence-electron chi connectivity index (χ4n) is 2.75. The van der Waals surface area contributed by atoms with Crippen LogP contribution < -0.4 is 10.7 Å². The highest BCUT2D eigenvalue weighted by atomic mass is 35.5. The predicted molar refractivity (Wildman–Crippen MR) is 108 cm³/mol. The number of rotatable bonds is 5. The largest absolute Gasteiger partial charge is 0.490 e. The topological polar surface area (TPSA) is 118 Å². The monoisotopic (exact) mass is 491 g/mol. The van der Waals surface area contributed by atoms with E-state index in [4.69, 9.17) is 22.1 Å². The van der Waals surface area contributed by atoms with E-state index in [0.717, 1.165) is 0 Å². The molecule has 3 heterocycles. The van der Waals surface area contributed by atoms with Gasteiger partial charge in [-0.05, 0) is 24.3 Å². The van der Waals surface area contributed by atoms with Crippen LogP contribution in [0.3, 0.4) is 0 Å². The number of methoxy groups -OCH3 is 1. The Kier molecular flexibility index (Phi) is 8.83. The van der Waals surface area contributed by atoms with Gasteiger partial charge in [0.25, 0.3) is 5.84 Å². The third kappa shape index (κ3) is 7.19. The van der Waals surface area contributed by atoms with Gasteiger partial charge in [0.05, 0.1) is 30.9 Å². The number of carbonyl (C=O) groups is 2. The number of amidine groups is 1. The number of ketones is 1. The van der Waals surface area contributed by atoms with Crippen LogP contribution in [-0.4, -0.2) is 60.7 Å². The molecule has 13 heteroatoms. The van der Waals surface area contributed by atoms with Crippen LogP contribution in [0.5, 0.6) is 0 Å². The van der Waals surface area contributed by atoms with Gasteiger partial charge in [0, 0.05) is 11.9 Å². The Morgan fingerprint density at radius 1 is 1.30 bits per heavy atom. The van der Waals surface area contributed by atoms with E-state index < -0.39 is 24.4 Å². The molecule has 0 amide bonds. The van der Waals surface area contributed by atoms with Gasteiger partial charge in [-0.3, -0.25) is 25.5 Å². The Labute approximate surface area is 190 Å². The zero-order chi connectivity index (χ0) is 24.6. The average molecular weight is 492 g/mol. The van der Waals surface area contributed by atoms with Gasteiger partial charge in [-0.1, -0.05) is 17.7 Å². The number of nitrogens with one attached hydrogen (secondary N) is 1. The van der Waals surface area contributed by atoms with E-state index in [1.807, 2.05) is 0 Å². The summed E-state index contributed by atoms with van der Waals surface area (Å²) in [4.78, 5) is 33.2. The molecule has 0 saturated carbocycles. The number of pyridine rings is 2. The van der Waals surface area contributed by atoms with Crippen molar-refractivity contribution in [2.24, 2.45) is 5.73 Å². The average Bonchev–Trinajstić information content (AvgIpc) is 2.78. The van der Waals surface area contributed by atoms with Gasteiger partial charge in [0.15, 0.2) is 11.3 Å². The standard InChI is InChI=1S/C17H16ClFN4O2.C3H3F3O2/c18-11-4-5-13(21-7-11)14(24)6-12-2-1-3-15(22-12)17(9-19)10-25-8-16(20)23-17;1-8-2(7)3(4,5)6/h1-5,7H,6,8-10H2,(H2,20,23);1H3/p+1. The van der Waals surface area contributed by atoms with E-state index >= 15 is 0 Å². The third-order valence-electron chi connectivity index (χ3n) is 4.30. The van der Waals surface area contributed by atoms with Gasteiger partial charge < -0.3 is 9.47 Å². The predicted octanol–water partition coefficient (Wildman–Crippen LogP) is 0.910. The summed E-state index contributed by atoms with van der Waals surface area (Å²) in [6.45, 7) is -0.410. The van der Waals surface area contributed by atoms with Crippen molar-refractivity contribution in [2.75, 3.05) is 27.0 Å². The highest BCUT2D eigenvalue weighted by molar-refractivity contribution is 6.30. The molecule has 1 aliphatic heterocycles. The molecule has 2 aromatic heterocycles. The third-order valence-corrected chi connectivity index (χ3v) is 4.53. The highest BCUT2D eigenvalue weighted by Gasteiger charge is 2.40. The van der Waals surface area contributed by atoms with Crippen molar-refractivity contribution in [3.8, 4) is 0 Å². The Morgan fingerprint density at radius 3 is 2.55 bits per heavy atom. The number of alkyl halides is 4. The summed E-state index contributed by atoms with van der Waals surface area (Å²) in [7, 11) is 0.676. The number of halogens is 5. The van der Waals surface area contributed by atoms with Crippen LogP contribution in [0.1, 0.15) is 21.9 Å². The van der Waals surface area contributed by atoms with E-state index in [9.17, 15) is 27.2 Å². The van der Waals surface area contributed by atoms with Crippen LogP contribution in [0.25, 0.3) is 0 Å². The van der Waals surface area contributed by atoms with Crippen LogP contribution in [0.15, 0.2) is 36.5 Å². The number of ether oxygens (including phenoxy) is 2. The molecule has 1 aliphatic rings. The first-order valence-corrected chi connectivity index (χ1v) is 9.68. The molecule has 0 fully saturated rings. The summed E-state index contributed by atoms with van der Waals surface area (Å²) in [5.74, 6) is -2.02. The number of esters is 1. The number of Topliss-reactive ketones (excluding diaryl/α,β-unsaturated/α-hetero) is 1. The summed E-state index contributed by atoms with van der Waals surface area (Å²) < 4.78 is 55.4. The normalized spacial score (nSPS) is 17.9. The molecule has 0 aliphatic carbocycles. The number of aromatic nitrogens is 2. The van der Waals surface area contributed by atoms with E-state index in [2.05, 4.69) is 19.7 Å². The highest BCUT2D eigenvalue weighted by Crippen LogP contribution is 2.18. The molecule has 0 aromatic carbocycles. The molecule has 3 rings (SSSR count). The van der Waals surface area contributed by atoms with Crippen molar-refractivity contribution in [1.29, 1.82) is 0 Å². The van der Waals surface area contributed by atoms with Crippen molar-refractivity contribution in [1.82, 2.24) is 9.97 Å². The molecule has 0 spiro atoms. The first-order chi connectivity index (χ1) is 15.5. The fraction of sp³-hybridized carbons (Fsp3) is 0.350. The van der Waals surface area contributed by atoms with Crippen LogP contribution in [0.4, 0.5) is 17.6 Å². The minimum absolute atomic E-state index is 0.0465. The summed E-state index contributed by atoms with van der Waals surface area (Å²) >= 11 is 5.77. The van der Waals surface area contributed by atoms with Crippen LogP contribution >= 0.6 is 11.6 Å². The number of carbonyl (C=O) groups excluding carboxylic acids is 2. The summed E-state index contributed by atoms with van der Waals surface area (Å²) in [5.41, 5.74) is 5.85. The second-order valence-electron chi connectivity index (χ2n) is 6.82. The van der Waals surface area contributed by atoms with Crippen molar-refractivity contribution in [2.45, 2.75) is 18.1 Å².